The summed E-state index contributed by atoms with van der Waals surface area (Å²) in [5.74, 6) is -1.51. The molecule has 0 heterocycles. The van der Waals surface area contributed by atoms with Gasteiger partial charge < -0.3 is 20.9 Å². The molecular weight excluding hydrogens is 624 g/mol. The van der Waals surface area contributed by atoms with Crippen LogP contribution in [0.5, 0.6) is 0 Å². The number of hydrogen-bond donors (Lipinski definition) is 3. The van der Waals surface area contributed by atoms with Gasteiger partial charge in [-0.1, -0.05) is 119 Å². The van der Waals surface area contributed by atoms with Crippen molar-refractivity contribution in [2.75, 3.05) is 6.54 Å². The van der Waals surface area contributed by atoms with E-state index >= 15 is 0 Å². The minimum absolute atomic E-state index is 0.184. The molecule has 0 aromatic heterocycles. The third-order valence-corrected chi connectivity index (χ3v) is 7.91. The standard InChI is InChI=1S/C43H70N2O5/c1-3-5-7-9-11-13-15-17-19-20-22-24-26-28-33-39(34-30-31-36-41(46)45-40(43(48)49)35-32-38-44)50-42(47)37-29-27-25-23-21-18-16-14-12-10-8-6-4-2/h5,7-8,10-11,13-14,16-17,19,22,24,28,33,39-40H,3-4,6,9,12,15,18,20-21,23,25-27,29-32,34-38,44H2,1-2H3,(H,45,46)(H,48,49)/b7-5-,10-8-,13-11-,16-14-,19-17-,24-22-,33-28-. The smallest absolute Gasteiger partial charge is 0.326 e. The SMILES string of the molecule is CC/C=C\C/C=C\C/C=C\C/C=C\C/C=C\C(CCCCC(=O)NC(CCCN)C(=O)O)OC(=O)CCCCCCC/C=C\C/C=C\CCC. The number of ether oxygens (including phenoxy) is 1. The molecule has 0 spiro atoms. The quantitative estimate of drug-likeness (QED) is 0.0357. The van der Waals surface area contributed by atoms with E-state index in [0.29, 0.717) is 45.1 Å². The van der Waals surface area contributed by atoms with Crippen LogP contribution in [0.3, 0.4) is 0 Å². The minimum Gasteiger partial charge on any atom is -0.480 e. The largest absolute Gasteiger partial charge is 0.480 e. The fraction of sp³-hybridized carbons (Fsp3) is 0.605. The van der Waals surface area contributed by atoms with E-state index in [1.807, 2.05) is 12.2 Å². The Kier molecular flexibility index (Phi) is 34.3. The van der Waals surface area contributed by atoms with Crippen LogP contribution in [0.25, 0.3) is 0 Å². The highest BCUT2D eigenvalue weighted by Gasteiger charge is 2.19. The second kappa shape index (κ2) is 36.8. The number of allylic oxidation sites excluding steroid dienone is 13. The van der Waals surface area contributed by atoms with Crippen molar-refractivity contribution in [1.82, 2.24) is 5.32 Å². The van der Waals surface area contributed by atoms with E-state index in [-0.39, 0.29) is 24.4 Å². The molecule has 0 bridgehead atoms. The third-order valence-electron chi connectivity index (χ3n) is 7.91. The van der Waals surface area contributed by atoms with Crippen LogP contribution in [0.4, 0.5) is 0 Å². The number of nitrogens with two attached hydrogens (primary N) is 1. The van der Waals surface area contributed by atoms with Crippen molar-refractivity contribution in [1.29, 1.82) is 0 Å². The van der Waals surface area contributed by atoms with Gasteiger partial charge in [-0.05, 0) is 109 Å². The maximum atomic E-state index is 12.7. The number of nitrogens with one attached hydrogen (secondary N) is 1. The third kappa shape index (κ3) is 33.1. The predicted octanol–water partition coefficient (Wildman–Crippen LogP) is 10.6. The first-order valence-corrected chi connectivity index (χ1v) is 19.4. The van der Waals surface area contributed by atoms with Crippen LogP contribution in [0, 0.1) is 0 Å². The van der Waals surface area contributed by atoms with Gasteiger partial charge in [0.25, 0.3) is 0 Å². The number of hydrogen-bond acceptors (Lipinski definition) is 5. The Labute approximate surface area is 305 Å². The first-order chi connectivity index (χ1) is 24.4. The number of carboxylic acid groups (broad SMARTS) is 1. The van der Waals surface area contributed by atoms with Crippen molar-refractivity contribution in [3.8, 4) is 0 Å². The number of carbonyl (C=O) groups is 3. The van der Waals surface area contributed by atoms with Gasteiger partial charge in [0, 0.05) is 12.8 Å². The van der Waals surface area contributed by atoms with Gasteiger partial charge in [-0.3, -0.25) is 9.59 Å². The zero-order valence-corrected chi connectivity index (χ0v) is 31.5. The molecule has 0 aliphatic heterocycles. The zero-order chi connectivity index (χ0) is 36.8. The van der Waals surface area contributed by atoms with Gasteiger partial charge >= 0.3 is 11.9 Å². The summed E-state index contributed by atoms with van der Waals surface area (Å²) >= 11 is 0. The Bertz CT molecular complexity index is 1050. The van der Waals surface area contributed by atoms with Crippen molar-refractivity contribution in [2.24, 2.45) is 5.73 Å². The number of rotatable bonds is 33. The van der Waals surface area contributed by atoms with Gasteiger partial charge in [0.05, 0.1) is 0 Å². The summed E-state index contributed by atoms with van der Waals surface area (Å²) in [5.41, 5.74) is 5.49. The summed E-state index contributed by atoms with van der Waals surface area (Å²) in [6.45, 7) is 4.71. The number of esters is 1. The average Bonchev–Trinajstić information content (AvgIpc) is 3.10. The number of aliphatic carboxylic acids is 1. The van der Waals surface area contributed by atoms with Gasteiger partial charge in [0.2, 0.25) is 5.91 Å². The molecule has 7 heteroatoms. The Morgan fingerprint density at radius 1 is 0.620 bits per heavy atom. The second-order valence-electron chi connectivity index (χ2n) is 12.6. The van der Waals surface area contributed by atoms with E-state index in [9.17, 15) is 19.5 Å². The maximum Gasteiger partial charge on any atom is 0.326 e. The number of unbranched alkanes of at least 4 members (excludes halogenated alkanes) is 7. The van der Waals surface area contributed by atoms with Gasteiger partial charge in [-0.2, -0.15) is 0 Å². The Morgan fingerprint density at radius 2 is 1.16 bits per heavy atom. The fourth-order valence-corrected chi connectivity index (χ4v) is 5.02. The molecule has 50 heavy (non-hydrogen) atoms. The van der Waals surface area contributed by atoms with Crippen molar-refractivity contribution >= 4 is 17.8 Å². The monoisotopic (exact) mass is 695 g/mol. The van der Waals surface area contributed by atoms with Crippen LogP contribution >= 0.6 is 0 Å². The zero-order valence-electron chi connectivity index (χ0n) is 31.5. The van der Waals surface area contributed by atoms with E-state index in [4.69, 9.17) is 10.5 Å². The Balaban J connectivity index is 4.64. The molecule has 2 atom stereocenters. The molecule has 1 amide bonds. The lowest BCUT2D eigenvalue weighted by atomic mass is 10.1. The van der Waals surface area contributed by atoms with Crippen LogP contribution < -0.4 is 11.1 Å². The van der Waals surface area contributed by atoms with Crippen molar-refractivity contribution in [2.45, 2.75) is 161 Å². The predicted molar refractivity (Wildman–Crippen MR) is 211 cm³/mol. The van der Waals surface area contributed by atoms with E-state index in [2.05, 4.69) is 92.1 Å². The van der Waals surface area contributed by atoms with Gasteiger partial charge in [0.15, 0.2) is 0 Å². The molecule has 7 nitrogen and oxygen atoms in total. The highest BCUT2D eigenvalue weighted by atomic mass is 16.5. The Morgan fingerprint density at radius 3 is 1.76 bits per heavy atom. The minimum atomic E-state index is -1.05. The summed E-state index contributed by atoms with van der Waals surface area (Å²) in [4.78, 5) is 36.4. The molecule has 0 rings (SSSR count). The van der Waals surface area contributed by atoms with Crippen LogP contribution in [0.2, 0.25) is 0 Å². The van der Waals surface area contributed by atoms with Gasteiger partial charge in [-0.25, -0.2) is 4.79 Å². The molecular formula is C43H70N2O5. The van der Waals surface area contributed by atoms with Crippen molar-refractivity contribution < 1.29 is 24.2 Å². The van der Waals surface area contributed by atoms with Gasteiger partial charge in [-0.15, -0.1) is 0 Å². The molecule has 0 fully saturated rings. The Hall–Kier alpha value is -3.45. The van der Waals surface area contributed by atoms with E-state index in [1.54, 1.807) is 0 Å². The van der Waals surface area contributed by atoms with E-state index in [1.165, 1.54) is 19.3 Å². The lowest BCUT2D eigenvalue weighted by Gasteiger charge is -2.16. The van der Waals surface area contributed by atoms with Crippen LogP contribution in [0.1, 0.15) is 149 Å². The van der Waals surface area contributed by atoms with Gasteiger partial charge in [0.1, 0.15) is 12.1 Å². The highest BCUT2D eigenvalue weighted by Crippen LogP contribution is 2.13. The van der Waals surface area contributed by atoms with Crippen LogP contribution in [-0.4, -0.2) is 41.6 Å². The van der Waals surface area contributed by atoms with E-state index in [0.717, 1.165) is 70.6 Å². The fourth-order valence-electron chi connectivity index (χ4n) is 5.02. The molecule has 0 saturated carbocycles. The number of carbonyl (C=O) groups excluding carboxylic acids is 2. The lowest BCUT2D eigenvalue weighted by Crippen LogP contribution is -2.40. The molecule has 4 N–H and O–H groups in total. The second-order valence-corrected chi connectivity index (χ2v) is 12.6. The highest BCUT2D eigenvalue weighted by molar-refractivity contribution is 5.83. The van der Waals surface area contributed by atoms with Crippen LogP contribution in [0.15, 0.2) is 85.1 Å². The first-order valence-electron chi connectivity index (χ1n) is 19.4. The van der Waals surface area contributed by atoms with E-state index < -0.39 is 12.0 Å². The summed E-state index contributed by atoms with van der Waals surface area (Å²) in [6.07, 6.45) is 47.7. The maximum absolute atomic E-state index is 12.7. The topological polar surface area (TPSA) is 119 Å². The van der Waals surface area contributed by atoms with Crippen molar-refractivity contribution in [3.63, 3.8) is 0 Å². The molecule has 2 unspecified atom stereocenters. The molecule has 0 aromatic rings. The molecule has 0 aromatic carbocycles. The summed E-state index contributed by atoms with van der Waals surface area (Å²) < 4.78 is 5.84. The van der Waals surface area contributed by atoms with Crippen LogP contribution in [-0.2, 0) is 19.1 Å². The number of amides is 1. The average molecular weight is 695 g/mol. The molecule has 0 aliphatic rings. The molecule has 0 saturated heterocycles. The van der Waals surface area contributed by atoms with Crippen molar-refractivity contribution in [3.05, 3.63) is 85.1 Å². The summed E-state index contributed by atoms with van der Waals surface area (Å²) in [6, 6.07) is -0.916. The molecule has 0 aliphatic carbocycles. The molecule has 0 radical (unpaired) electrons. The summed E-state index contributed by atoms with van der Waals surface area (Å²) in [5, 5.41) is 11.9. The first kappa shape index (κ1) is 46.5. The normalized spacial score (nSPS) is 13.7. The molecule has 282 valence electrons. The number of carboxylic acids is 1. The lowest BCUT2D eigenvalue weighted by molar-refractivity contribution is -0.147. The summed E-state index contributed by atoms with van der Waals surface area (Å²) in [7, 11) is 0.